The first-order valence-corrected chi connectivity index (χ1v) is 10.8. The van der Waals surface area contributed by atoms with Crippen LogP contribution in [0.3, 0.4) is 0 Å². The molecule has 1 saturated carbocycles. The second kappa shape index (κ2) is 9.41. The van der Waals surface area contributed by atoms with Gasteiger partial charge < -0.3 is 11.1 Å². The molecule has 0 spiro atoms. The Bertz CT molecular complexity index is 752. The molecule has 3 N–H and O–H groups in total. The van der Waals surface area contributed by atoms with Gasteiger partial charge in [-0.15, -0.1) is 0 Å². The summed E-state index contributed by atoms with van der Waals surface area (Å²) in [5, 5.41) is 12.9. The molecule has 2 amide bonds. The number of carbonyl (C=O) groups is 2. The van der Waals surface area contributed by atoms with Crippen LogP contribution in [-0.4, -0.2) is 35.3 Å². The number of carbonyl (C=O) groups excluding carboxylic acids is 2. The van der Waals surface area contributed by atoms with Crippen molar-refractivity contribution in [3.05, 3.63) is 35.9 Å². The number of nitrogens with two attached hydrogens (primary N) is 1. The van der Waals surface area contributed by atoms with E-state index in [1.165, 1.54) is 5.56 Å². The average molecular weight is 397 g/mol. The van der Waals surface area contributed by atoms with Crippen molar-refractivity contribution < 1.29 is 9.59 Å². The highest BCUT2D eigenvalue weighted by molar-refractivity contribution is 5.83. The first kappa shape index (κ1) is 21.3. The highest BCUT2D eigenvalue weighted by Gasteiger charge is 2.40. The SMILES string of the molecule is N#CC1(NC(=O)CCC2(C(N)=O)CCCCC2)CCCN(Cc2ccccc2)C1. The molecule has 1 heterocycles. The molecule has 156 valence electrons. The van der Waals surface area contributed by atoms with E-state index in [-0.39, 0.29) is 18.2 Å². The molecule has 2 aliphatic rings. The maximum atomic E-state index is 12.7. The zero-order valence-electron chi connectivity index (χ0n) is 17.2. The molecule has 1 saturated heterocycles. The first-order chi connectivity index (χ1) is 14.0. The maximum Gasteiger partial charge on any atom is 0.223 e. The summed E-state index contributed by atoms with van der Waals surface area (Å²) in [5.74, 6) is -0.439. The maximum absolute atomic E-state index is 12.7. The number of nitriles is 1. The van der Waals surface area contributed by atoms with Gasteiger partial charge in [-0.1, -0.05) is 49.6 Å². The topological polar surface area (TPSA) is 99.2 Å². The predicted octanol–water partition coefficient (Wildman–Crippen LogP) is 2.88. The molecule has 6 nitrogen and oxygen atoms in total. The van der Waals surface area contributed by atoms with Crippen LogP contribution < -0.4 is 11.1 Å². The van der Waals surface area contributed by atoms with Crippen molar-refractivity contribution in [3.8, 4) is 6.07 Å². The summed E-state index contributed by atoms with van der Waals surface area (Å²) in [6.07, 6.45) is 6.87. The Morgan fingerprint density at radius 2 is 1.83 bits per heavy atom. The number of nitrogens with one attached hydrogen (secondary N) is 1. The van der Waals surface area contributed by atoms with Crippen LogP contribution in [0.5, 0.6) is 0 Å². The van der Waals surface area contributed by atoms with Gasteiger partial charge in [-0.3, -0.25) is 14.5 Å². The summed E-state index contributed by atoms with van der Waals surface area (Å²) < 4.78 is 0. The van der Waals surface area contributed by atoms with Crippen molar-refractivity contribution in [2.45, 2.75) is 69.9 Å². The number of hydrogen-bond donors (Lipinski definition) is 2. The second-order valence-corrected chi connectivity index (χ2v) is 8.75. The van der Waals surface area contributed by atoms with Crippen LogP contribution in [0.25, 0.3) is 0 Å². The van der Waals surface area contributed by atoms with E-state index in [0.29, 0.717) is 19.4 Å². The fourth-order valence-electron chi connectivity index (χ4n) is 4.87. The first-order valence-electron chi connectivity index (χ1n) is 10.8. The Labute approximate surface area is 173 Å². The van der Waals surface area contributed by atoms with E-state index in [2.05, 4.69) is 28.4 Å². The highest BCUT2D eigenvalue weighted by Crippen LogP contribution is 2.40. The number of piperidine rings is 1. The fraction of sp³-hybridized carbons (Fsp3) is 0.609. The van der Waals surface area contributed by atoms with Gasteiger partial charge in [0.05, 0.1) is 6.07 Å². The lowest BCUT2D eigenvalue weighted by molar-refractivity contribution is -0.131. The van der Waals surface area contributed by atoms with E-state index in [9.17, 15) is 14.9 Å². The number of benzene rings is 1. The molecule has 1 atom stereocenters. The number of hydrogen-bond acceptors (Lipinski definition) is 4. The Morgan fingerprint density at radius 3 is 2.48 bits per heavy atom. The fourth-order valence-corrected chi connectivity index (χ4v) is 4.87. The zero-order chi connectivity index (χ0) is 20.7. The van der Waals surface area contributed by atoms with Crippen molar-refractivity contribution in [1.82, 2.24) is 10.2 Å². The minimum atomic E-state index is -0.865. The van der Waals surface area contributed by atoms with Crippen molar-refractivity contribution in [2.24, 2.45) is 11.1 Å². The largest absolute Gasteiger partial charge is 0.369 e. The van der Waals surface area contributed by atoms with Gasteiger partial charge in [-0.05, 0) is 44.2 Å². The Kier molecular flexibility index (Phi) is 6.92. The third-order valence-corrected chi connectivity index (χ3v) is 6.58. The molecular weight excluding hydrogens is 364 g/mol. The Hall–Kier alpha value is -2.39. The van der Waals surface area contributed by atoms with Crippen LogP contribution in [0.1, 0.15) is 63.4 Å². The Balaban J connectivity index is 1.58. The second-order valence-electron chi connectivity index (χ2n) is 8.75. The van der Waals surface area contributed by atoms with E-state index in [1.807, 2.05) is 18.2 Å². The Morgan fingerprint density at radius 1 is 1.10 bits per heavy atom. The van der Waals surface area contributed by atoms with Crippen molar-refractivity contribution in [1.29, 1.82) is 5.26 Å². The quantitative estimate of drug-likeness (QED) is 0.740. The van der Waals surface area contributed by atoms with E-state index < -0.39 is 11.0 Å². The van der Waals surface area contributed by atoms with Crippen LogP contribution in [0.4, 0.5) is 0 Å². The van der Waals surface area contributed by atoms with Gasteiger partial charge in [0.2, 0.25) is 11.8 Å². The summed E-state index contributed by atoms with van der Waals surface area (Å²) in [5.41, 5.74) is 5.47. The van der Waals surface area contributed by atoms with Crippen LogP contribution in [0, 0.1) is 16.7 Å². The minimum Gasteiger partial charge on any atom is -0.369 e. The normalized spacial score (nSPS) is 24.4. The van der Waals surface area contributed by atoms with Gasteiger partial charge in [0.15, 0.2) is 0 Å². The van der Waals surface area contributed by atoms with E-state index >= 15 is 0 Å². The molecule has 6 heteroatoms. The average Bonchev–Trinajstić information content (AvgIpc) is 2.74. The third kappa shape index (κ3) is 5.36. The van der Waals surface area contributed by atoms with Gasteiger partial charge >= 0.3 is 0 Å². The summed E-state index contributed by atoms with van der Waals surface area (Å²) in [4.78, 5) is 27.0. The number of likely N-dealkylation sites (tertiary alicyclic amines) is 1. The molecule has 3 rings (SSSR count). The summed E-state index contributed by atoms with van der Waals surface area (Å²) in [7, 11) is 0. The van der Waals surface area contributed by atoms with Crippen LogP contribution >= 0.6 is 0 Å². The molecular formula is C23H32N4O2. The smallest absolute Gasteiger partial charge is 0.223 e. The van der Waals surface area contributed by atoms with Gasteiger partial charge in [-0.25, -0.2) is 0 Å². The molecule has 1 aromatic rings. The number of nitrogens with zero attached hydrogens (tertiary/aromatic N) is 2. The third-order valence-electron chi connectivity index (χ3n) is 6.58. The van der Waals surface area contributed by atoms with Crippen LogP contribution in [-0.2, 0) is 16.1 Å². The summed E-state index contributed by atoms with van der Waals surface area (Å²) >= 11 is 0. The van der Waals surface area contributed by atoms with Gasteiger partial charge in [0.25, 0.3) is 0 Å². The van der Waals surface area contributed by atoms with E-state index in [1.54, 1.807) is 0 Å². The molecule has 29 heavy (non-hydrogen) atoms. The lowest BCUT2D eigenvalue weighted by Crippen LogP contribution is -2.57. The molecule has 1 aliphatic heterocycles. The van der Waals surface area contributed by atoms with Crippen molar-refractivity contribution >= 4 is 11.8 Å². The molecule has 0 aromatic heterocycles. The number of rotatable bonds is 7. The summed E-state index contributed by atoms with van der Waals surface area (Å²) in [6, 6.07) is 12.5. The lowest BCUT2D eigenvalue weighted by Gasteiger charge is -2.39. The molecule has 0 radical (unpaired) electrons. The van der Waals surface area contributed by atoms with E-state index in [0.717, 1.165) is 51.6 Å². The monoisotopic (exact) mass is 396 g/mol. The molecule has 1 aliphatic carbocycles. The number of amides is 2. The van der Waals surface area contributed by atoms with E-state index in [4.69, 9.17) is 5.73 Å². The van der Waals surface area contributed by atoms with Crippen molar-refractivity contribution in [2.75, 3.05) is 13.1 Å². The van der Waals surface area contributed by atoms with Gasteiger partial charge in [-0.2, -0.15) is 5.26 Å². The molecule has 1 unspecified atom stereocenters. The van der Waals surface area contributed by atoms with Crippen molar-refractivity contribution in [3.63, 3.8) is 0 Å². The molecule has 2 fully saturated rings. The van der Waals surface area contributed by atoms with Gasteiger partial charge in [0.1, 0.15) is 5.54 Å². The van der Waals surface area contributed by atoms with Crippen LogP contribution in [0.15, 0.2) is 30.3 Å². The molecule has 1 aromatic carbocycles. The minimum absolute atomic E-state index is 0.153. The summed E-state index contributed by atoms with van der Waals surface area (Å²) in [6.45, 7) is 2.20. The predicted molar refractivity (Wildman–Crippen MR) is 111 cm³/mol. The van der Waals surface area contributed by atoms with Gasteiger partial charge in [0, 0.05) is 24.9 Å². The standard InChI is InChI=1S/C23H32N4O2/c24-17-23(13-7-15-27(18-23)16-19-8-3-1-4-9-19)26-20(28)10-14-22(21(25)29)11-5-2-6-12-22/h1,3-4,8-9H,2,5-7,10-16,18H2,(H2,25,29)(H,26,28). The molecule has 0 bridgehead atoms. The zero-order valence-corrected chi connectivity index (χ0v) is 17.2. The highest BCUT2D eigenvalue weighted by atomic mass is 16.2. The van der Waals surface area contributed by atoms with Crippen LogP contribution in [0.2, 0.25) is 0 Å². The number of primary amides is 1. The lowest BCUT2D eigenvalue weighted by atomic mass is 9.70.